The van der Waals surface area contributed by atoms with Crippen molar-refractivity contribution in [3.05, 3.63) is 40.4 Å². The van der Waals surface area contributed by atoms with Crippen LogP contribution in [0.2, 0.25) is 0 Å². The Hall–Kier alpha value is -2.17. The van der Waals surface area contributed by atoms with Crippen molar-refractivity contribution in [3.8, 4) is 0 Å². The number of pyridine rings is 1. The maximum atomic E-state index is 10.7. The highest BCUT2D eigenvalue weighted by Crippen LogP contribution is 2.21. The fourth-order valence-corrected chi connectivity index (χ4v) is 2.05. The van der Waals surface area contributed by atoms with Gasteiger partial charge in [0, 0.05) is 24.1 Å². The van der Waals surface area contributed by atoms with Gasteiger partial charge in [0.2, 0.25) is 0 Å². The number of benzene rings is 1. The van der Waals surface area contributed by atoms with Crippen molar-refractivity contribution < 1.29 is 4.92 Å². The molecule has 5 nitrogen and oxygen atoms in total. The van der Waals surface area contributed by atoms with E-state index in [1.807, 2.05) is 12.1 Å². The Bertz CT molecular complexity index is 611. The number of fused-ring (bicyclic) bond motifs is 1. The lowest BCUT2D eigenvalue weighted by Gasteiger charge is -2.08. The molecule has 1 heterocycles. The normalized spacial score (nSPS) is 10.9. The smallest absolute Gasteiger partial charge is 0.270 e. The van der Waals surface area contributed by atoms with Gasteiger partial charge in [-0.05, 0) is 37.0 Å². The predicted octanol–water partition coefficient (Wildman–Crippen LogP) is 3.99. The van der Waals surface area contributed by atoms with E-state index in [1.54, 1.807) is 12.1 Å². The van der Waals surface area contributed by atoms with Gasteiger partial charge in [-0.2, -0.15) is 0 Å². The highest BCUT2D eigenvalue weighted by molar-refractivity contribution is 5.82. The number of anilines is 1. The van der Waals surface area contributed by atoms with E-state index in [0.29, 0.717) is 5.92 Å². The topological polar surface area (TPSA) is 68.1 Å². The number of nitrogens with zero attached hydrogens (tertiary/aromatic N) is 2. The molecule has 0 aliphatic heterocycles. The van der Waals surface area contributed by atoms with Crippen LogP contribution in [0.4, 0.5) is 11.5 Å². The minimum Gasteiger partial charge on any atom is -0.370 e. The third-order valence-corrected chi connectivity index (χ3v) is 3.15. The molecule has 1 aromatic carbocycles. The molecule has 2 rings (SSSR count). The largest absolute Gasteiger partial charge is 0.370 e. The van der Waals surface area contributed by atoms with Crippen molar-refractivity contribution >= 4 is 22.4 Å². The van der Waals surface area contributed by atoms with E-state index in [4.69, 9.17) is 0 Å². The van der Waals surface area contributed by atoms with Gasteiger partial charge in [-0.3, -0.25) is 10.1 Å². The van der Waals surface area contributed by atoms with Gasteiger partial charge in [0.15, 0.2) is 0 Å². The molecule has 0 fully saturated rings. The van der Waals surface area contributed by atoms with Gasteiger partial charge < -0.3 is 5.32 Å². The third kappa shape index (κ3) is 3.66. The van der Waals surface area contributed by atoms with Crippen LogP contribution in [0.15, 0.2) is 30.3 Å². The van der Waals surface area contributed by atoms with E-state index in [0.717, 1.165) is 29.7 Å². The summed E-state index contributed by atoms with van der Waals surface area (Å²) in [6.45, 7) is 5.31. The molecular weight excluding hydrogens is 254 g/mol. The number of hydrogen-bond acceptors (Lipinski definition) is 4. The van der Waals surface area contributed by atoms with Crippen LogP contribution in [0.1, 0.15) is 26.7 Å². The Morgan fingerprint density at radius 2 is 2.10 bits per heavy atom. The fraction of sp³-hybridized carbons (Fsp3) is 0.400. The van der Waals surface area contributed by atoms with Gasteiger partial charge in [-0.25, -0.2) is 4.98 Å². The van der Waals surface area contributed by atoms with Crippen molar-refractivity contribution in [2.45, 2.75) is 26.7 Å². The average Bonchev–Trinajstić information content (AvgIpc) is 2.42. The number of non-ortho nitro benzene ring substituents is 1. The van der Waals surface area contributed by atoms with Crippen molar-refractivity contribution in [2.24, 2.45) is 5.92 Å². The number of nitrogens with one attached hydrogen (secondary N) is 1. The van der Waals surface area contributed by atoms with Crippen LogP contribution in [0.3, 0.4) is 0 Å². The molecule has 0 radical (unpaired) electrons. The summed E-state index contributed by atoms with van der Waals surface area (Å²) in [6.07, 6.45) is 2.30. The minimum atomic E-state index is -0.391. The Morgan fingerprint density at radius 3 is 2.80 bits per heavy atom. The summed E-state index contributed by atoms with van der Waals surface area (Å²) in [5.74, 6) is 1.53. The summed E-state index contributed by atoms with van der Waals surface area (Å²) >= 11 is 0. The monoisotopic (exact) mass is 273 g/mol. The lowest BCUT2D eigenvalue weighted by molar-refractivity contribution is -0.384. The van der Waals surface area contributed by atoms with Crippen LogP contribution < -0.4 is 5.32 Å². The van der Waals surface area contributed by atoms with Crippen molar-refractivity contribution in [2.75, 3.05) is 11.9 Å². The number of aromatic nitrogens is 1. The summed E-state index contributed by atoms with van der Waals surface area (Å²) in [6, 6.07) is 8.44. The first kappa shape index (κ1) is 14.2. The van der Waals surface area contributed by atoms with Crippen LogP contribution in [0.25, 0.3) is 10.9 Å². The lowest BCUT2D eigenvalue weighted by atomic mass is 10.1. The van der Waals surface area contributed by atoms with Gasteiger partial charge in [-0.15, -0.1) is 0 Å². The quantitative estimate of drug-likeness (QED) is 0.491. The van der Waals surface area contributed by atoms with Crippen LogP contribution in [0, 0.1) is 16.0 Å². The summed E-state index contributed by atoms with van der Waals surface area (Å²) in [4.78, 5) is 14.8. The van der Waals surface area contributed by atoms with Crippen LogP contribution in [-0.4, -0.2) is 16.5 Å². The molecule has 0 bridgehead atoms. The molecule has 0 aliphatic carbocycles. The van der Waals surface area contributed by atoms with Gasteiger partial charge in [0.25, 0.3) is 5.69 Å². The highest BCUT2D eigenvalue weighted by atomic mass is 16.6. The molecule has 5 heteroatoms. The van der Waals surface area contributed by atoms with Crippen LogP contribution in [0.5, 0.6) is 0 Å². The second-order valence-electron chi connectivity index (χ2n) is 5.29. The number of hydrogen-bond donors (Lipinski definition) is 1. The molecule has 106 valence electrons. The summed E-state index contributed by atoms with van der Waals surface area (Å²) < 4.78 is 0. The van der Waals surface area contributed by atoms with E-state index < -0.39 is 4.92 Å². The third-order valence-electron chi connectivity index (χ3n) is 3.15. The summed E-state index contributed by atoms with van der Waals surface area (Å²) in [7, 11) is 0. The maximum Gasteiger partial charge on any atom is 0.270 e. The highest BCUT2D eigenvalue weighted by Gasteiger charge is 2.07. The molecule has 20 heavy (non-hydrogen) atoms. The summed E-state index contributed by atoms with van der Waals surface area (Å²) in [5.41, 5.74) is 0.862. The second kappa shape index (κ2) is 6.32. The first-order valence-corrected chi connectivity index (χ1v) is 6.85. The minimum absolute atomic E-state index is 0.0944. The molecule has 0 saturated heterocycles. The fourth-order valence-electron chi connectivity index (χ4n) is 2.05. The molecule has 0 saturated carbocycles. The number of nitro groups is 1. The molecular formula is C15H19N3O2. The molecule has 0 spiro atoms. The predicted molar refractivity (Wildman–Crippen MR) is 81.0 cm³/mol. The average molecular weight is 273 g/mol. The Morgan fingerprint density at radius 1 is 1.30 bits per heavy atom. The Labute approximate surface area is 118 Å². The van der Waals surface area contributed by atoms with Crippen molar-refractivity contribution in [1.29, 1.82) is 0 Å². The molecule has 1 aromatic heterocycles. The second-order valence-corrected chi connectivity index (χ2v) is 5.29. The maximum absolute atomic E-state index is 10.7. The lowest BCUT2D eigenvalue weighted by Crippen LogP contribution is -2.04. The molecule has 2 aromatic rings. The Balaban J connectivity index is 2.06. The number of rotatable bonds is 6. The summed E-state index contributed by atoms with van der Waals surface area (Å²) in [5, 5.41) is 14.8. The zero-order valence-corrected chi connectivity index (χ0v) is 11.8. The van der Waals surface area contributed by atoms with Gasteiger partial charge >= 0.3 is 0 Å². The zero-order valence-electron chi connectivity index (χ0n) is 11.8. The molecule has 0 atom stereocenters. The van der Waals surface area contributed by atoms with E-state index in [2.05, 4.69) is 24.1 Å². The Kier molecular flexibility index (Phi) is 4.50. The zero-order chi connectivity index (χ0) is 14.5. The van der Waals surface area contributed by atoms with E-state index >= 15 is 0 Å². The SMILES string of the molecule is CC(C)CCCNc1ccc2cc([N+](=O)[O-])ccc2n1. The van der Waals surface area contributed by atoms with E-state index in [9.17, 15) is 10.1 Å². The first-order chi connectivity index (χ1) is 9.56. The van der Waals surface area contributed by atoms with Gasteiger partial charge in [0.05, 0.1) is 10.4 Å². The van der Waals surface area contributed by atoms with E-state index in [-0.39, 0.29) is 5.69 Å². The van der Waals surface area contributed by atoms with Gasteiger partial charge in [0.1, 0.15) is 5.82 Å². The molecule has 1 N–H and O–H groups in total. The standard InChI is InChI=1S/C15H19N3O2/c1-11(2)4-3-9-16-15-8-5-12-10-13(18(19)20)6-7-14(12)17-15/h5-8,10-11H,3-4,9H2,1-2H3,(H,16,17). The first-order valence-electron chi connectivity index (χ1n) is 6.85. The molecule has 0 aliphatic rings. The number of nitro benzene ring substituents is 1. The van der Waals surface area contributed by atoms with Crippen molar-refractivity contribution in [1.82, 2.24) is 4.98 Å². The molecule has 0 unspecified atom stereocenters. The van der Waals surface area contributed by atoms with E-state index in [1.165, 1.54) is 12.5 Å². The van der Waals surface area contributed by atoms with Crippen LogP contribution in [-0.2, 0) is 0 Å². The van der Waals surface area contributed by atoms with Crippen molar-refractivity contribution in [3.63, 3.8) is 0 Å². The van der Waals surface area contributed by atoms with Gasteiger partial charge in [-0.1, -0.05) is 13.8 Å². The molecule has 0 amide bonds. The van der Waals surface area contributed by atoms with Crippen LogP contribution >= 0.6 is 0 Å².